The van der Waals surface area contributed by atoms with Crippen molar-refractivity contribution in [2.75, 3.05) is 11.9 Å². The van der Waals surface area contributed by atoms with Crippen molar-refractivity contribution in [3.8, 4) is 0 Å². The molecule has 0 aromatic heterocycles. The zero-order valence-electron chi connectivity index (χ0n) is 5.84. The lowest BCUT2D eigenvalue weighted by atomic mass is 10.2. The van der Waals surface area contributed by atoms with Crippen LogP contribution in [0.4, 0.5) is 11.4 Å². The Morgan fingerprint density at radius 3 is 3.27 bits per heavy atom. The molecule has 0 fully saturated rings. The topological polar surface area (TPSA) is 24.4 Å². The van der Waals surface area contributed by atoms with Gasteiger partial charge in [-0.05, 0) is 18.2 Å². The number of anilines is 1. The first-order valence-corrected chi connectivity index (χ1v) is 3.80. The fourth-order valence-corrected chi connectivity index (χ4v) is 1.23. The fourth-order valence-electron chi connectivity index (χ4n) is 1.06. The molecule has 56 valence electrons. The minimum Gasteiger partial charge on any atom is -0.378 e. The Balaban J connectivity index is 2.54. The third-order valence-electron chi connectivity index (χ3n) is 1.57. The first-order chi connectivity index (χ1) is 5.36. The lowest BCUT2D eigenvalue weighted by Crippen LogP contribution is -2.06. The van der Waals surface area contributed by atoms with E-state index in [4.69, 9.17) is 11.6 Å². The van der Waals surface area contributed by atoms with E-state index in [1.165, 1.54) is 0 Å². The van der Waals surface area contributed by atoms with Crippen LogP contribution in [-0.4, -0.2) is 12.8 Å². The number of nitrogens with zero attached hydrogens (tertiary/aromatic N) is 1. The molecular formula is C8H7ClN2. The van der Waals surface area contributed by atoms with Crippen LogP contribution < -0.4 is 5.32 Å². The van der Waals surface area contributed by atoms with E-state index in [9.17, 15) is 0 Å². The predicted octanol–water partition coefficient (Wildman–Crippen LogP) is 2.47. The van der Waals surface area contributed by atoms with Gasteiger partial charge in [0, 0.05) is 11.2 Å². The molecule has 0 unspecified atom stereocenters. The van der Waals surface area contributed by atoms with Gasteiger partial charge < -0.3 is 5.32 Å². The van der Waals surface area contributed by atoms with Gasteiger partial charge in [0.1, 0.15) is 0 Å². The van der Waals surface area contributed by atoms with E-state index in [0.29, 0.717) is 0 Å². The lowest BCUT2D eigenvalue weighted by molar-refractivity contribution is 1.34. The second-order valence-electron chi connectivity index (χ2n) is 2.35. The summed E-state index contributed by atoms with van der Waals surface area (Å²) < 4.78 is 0. The van der Waals surface area contributed by atoms with Crippen LogP contribution in [0.25, 0.3) is 0 Å². The second kappa shape index (κ2) is 2.55. The summed E-state index contributed by atoms with van der Waals surface area (Å²) in [6.07, 6.45) is 1.83. The third kappa shape index (κ3) is 1.21. The molecule has 1 aliphatic rings. The molecule has 0 amide bonds. The van der Waals surface area contributed by atoms with Crippen LogP contribution in [0.3, 0.4) is 0 Å². The van der Waals surface area contributed by atoms with E-state index in [-0.39, 0.29) is 0 Å². The van der Waals surface area contributed by atoms with E-state index < -0.39 is 0 Å². The smallest absolute Gasteiger partial charge is 0.0872 e. The molecule has 0 radical (unpaired) electrons. The summed E-state index contributed by atoms with van der Waals surface area (Å²) in [6.45, 7) is 0.800. The van der Waals surface area contributed by atoms with E-state index in [1.54, 1.807) is 0 Å². The molecule has 1 aliphatic heterocycles. The van der Waals surface area contributed by atoms with Gasteiger partial charge in [0.25, 0.3) is 0 Å². The molecule has 1 aromatic rings. The van der Waals surface area contributed by atoms with Gasteiger partial charge in [-0.15, -0.1) is 0 Å². The number of benzene rings is 1. The van der Waals surface area contributed by atoms with Gasteiger partial charge in [0.2, 0.25) is 0 Å². The molecule has 0 saturated heterocycles. The maximum Gasteiger partial charge on any atom is 0.0872 e. The highest BCUT2D eigenvalue weighted by Crippen LogP contribution is 2.29. The third-order valence-corrected chi connectivity index (χ3v) is 1.81. The van der Waals surface area contributed by atoms with Gasteiger partial charge >= 0.3 is 0 Å². The van der Waals surface area contributed by atoms with E-state index in [0.717, 1.165) is 22.9 Å². The highest BCUT2D eigenvalue weighted by atomic mass is 35.5. The highest BCUT2D eigenvalue weighted by Gasteiger charge is 2.03. The Kier molecular flexibility index (Phi) is 1.55. The molecule has 1 N–H and O–H groups in total. The quantitative estimate of drug-likeness (QED) is 0.629. The molecule has 0 atom stereocenters. The zero-order chi connectivity index (χ0) is 7.68. The van der Waals surface area contributed by atoms with Crippen molar-refractivity contribution in [3.63, 3.8) is 0 Å². The molecular weight excluding hydrogens is 160 g/mol. The van der Waals surface area contributed by atoms with Crippen LogP contribution in [0.2, 0.25) is 5.02 Å². The van der Waals surface area contributed by atoms with Crippen LogP contribution in [-0.2, 0) is 0 Å². The van der Waals surface area contributed by atoms with E-state index >= 15 is 0 Å². The molecule has 2 nitrogen and oxygen atoms in total. The highest BCUT2D eigenvalue weighted by molar-refractivity contribution is 6.31. The Morgan fingerprint density at radius 1 is 1.45 bits per heavy atom. The SMILES string of the molecule is Clc1ccc2c(c1)N=CCN2. The normalized spacial score (nSPS) is 13.9. The van der Waals surface area contributed by atoms with Gasteiger partial charge in [0.05, 0.1) is 17.9 Å². The van der Waals surface area contributed by atoms with Crippen molar-refractivity contribution in [1.82, 2.24) is 0 Å². The number of fused-ring (bicyclic) bond motifs is 1. The van der Waals surface area contributed by atoms with Gasteiger partial charge in [-0.3, -0.25) is 4.99 Å². The number of hydrogen-bond donors (Lipinski definition) is 1. The monoisotopic (exact) mass is 166 g/mol. The molecule has 0 saturated carbocycles. The van der Waals surface area contributed by atoms with Crippen LogP contribution in [0.5, 0.6) is 0 Å². The summed E-state index contributed by atoms with van der Waals surface area (Å²) in [5.74, 6) is 0. The Bertz CT molecular complexity index is 307. The summed E-state index contributed by atoms with van der Waals surface area (Å²) >= 11 is 5.77. The molecule has 0 aliphatic carbocycles. The summed E-state index contributed by atoms with van der Waals surface area (Å²) in [4.78, 5) is 4.18. The summed E-state index contributed by atoms with van der Waals surface area (Å²) in [6, 6.07) is 5.64. The molecule has 1 aromatic carbocycles. The van der Waals surface area contributed by atoms with Crippen molar-refractivity contribution in [2.24, 2.45) is 4.99 Å². The second-order valence-corrected chi connectivity index (χ2v) is 2.79. The summed E-state index contributed by atoms with van der Waals surface area (Å²) in [7, 11) is 0. The maximum atomic E-state index is 5.77. The fraction of sp³-hybridized carbons (Fsp3) is 0.125. The van der Waals surface area contributed by atoms with Crippen molar-refractivity contribution in [3.05, 3.63) is 23.2 Å². The van der Waals surface area contributed by atoms with Gasteiger partial charge in [-0.2, -0.15) is 0 Å². The molecule has 2 rings (SSSR count). The minimum atomic E-state index is 0.726. The van der Waals surface area contributed by atoms with E-state index in [2.05, 4.69) is 10.3 Å². The predicted molar refractivity (Wildman–Crippen MR) is 48.1 cm³/mol. The van der Waals surface area contributed by atoms with Crippen molar-refractivity contribution in [2.45, 2.75) is 0 Å². The van der Waals surface area contributed by atoms with Crippen molar-refractivity contribution >= 4 is 29.2 Å². The first-order valence-electron chi connectivity index (χ1n) is 3.42. The standard InChI is InChI=1S/C8H7ClN2/c9-6-1-2-7-8(5-6)11-4-3-10-7/h1-2,4-5,10H,3H2. The van der Waals surface area contributed by atoms with Gasteiger partial charge in [0.15, 0.2) is 0 Å². The number of halogens is 1. The van der Waals surface area contributed by atoms with Crippen LogP contribution in [0.1, 0.15) is 0 Å². The van der Waals surface area contributed by atoms with Crippen molar-refractivity contribution in [1.29, 1.82) is 0 Å². The van der Waals surface area contributed by atoms with E-state index in [1.807, 2.05) is 24.4 Å². The number of aliphatic imine (C=N–C) groups is 1. The van der Waals surface area contributed by atoms with Crippen LogP contribution in [0, 0.1) is 0 Å². The average molecular weight is 167 g/mol. The molecule has 1 heterocycles. The Labute approximate surface area is 69.9 Å². The molecule has 0 bridgehead atoms. The molecule has 11 heavy (non-hydrogen) atoms. The zero-order valence-corrected chi connectivity index (χ0v) is 6.60. The Morgan fingerprint density at radius 2 is 2.36 bits per heavy atom. The minimum absolute atomic E-state index is 0.726. The lowest BCUT2D eigenvalue weighted by Gasteiger charge is -2.11. The largest absolute Gasteiger partial charge is 0.378 e. The number of nitrogens with one attached hydrogen (secondary N) is 1. The Hall–Kier alpha value is -1.02. The van der Waals surface area contributed by atoms with Gasteiger partial charge in [-0.1, -0.05) is 11.6 Å². The molecule has 3 heteroatoms. The van der Waals surface area contributed by atoms with Crippen molar-refractivity contribution < 1.29 is 0 Å². The molecule has 0 spiro atoms. The van der Waals surface area contributed by atoms with Gasteiger partial charge in [-0.25, -0.2) is 0 Å². The van der Waals surface area contributed by atoms with Crippen LogP contribution >= 0.6 is 11.6 Å². The van der Waals surface area contributed by atoms with Crippen LogP contribution in [0.15, 0.2) is 23.2 Å². The summed E-state index contributed by atoms with van der Waals surface area (Å²) in [5.41, 5.74) is 1.97. The number of rotatable bonds is 0. The number of hydrogen-bond acceptors (Lipinski definition) is 2. The summed E-state index contributed by atoms with van der Waals surface area (Å²) in [5, 5.41) is 3.91. The maximum absolute atomic E-state index is 5.77. The average Bonchev–Trinajstić information content (AvgIpc) is 2.04. The first kappa shape index (κ1) is 6.68.